The molecule has 2 heterocycles. The fraction of sp³-hybridized carbons (Fsp3) is 0.0870. The number of hydrogen-bond donors (Lipinski definition) is 1. The van der Waals surface area contributed by atoms with E-state index < -0.39 is 20.7 Å². The Bertz CT molecular complexity index is 1140. The van der Waals surface area contributed by atoms with E-state index in [0.29, 0.717) is 17.9 Å². The number of rotatable bonds is 5. The minimum atomic E-state index is -0.411. The monoisotopic (exact) mass is 592 g/mol. The van der Waals surface area contributed by atoms with E-state index in [4.69, 9.17) is 0 Å². The van der Waals surface area contributed by atoms with E-state index in [1.54, 1.807) is 0 Å². The van der Waals surface area contributed by atoms with Crippen molar-refractivity contribution in [3.63, 3.8) is 0 Å². The molecule has 0 aliphatic carbocycles. The molecule has 1 N–H and O–H groups in total. The summed E-state index contributed by atoms with van der Waals surface area (Å²) in [6, 6.07) is 16.5. The van der Waals surface area contributed by atoms with Crippen LogP contribution in [0.25, 0.3) is 16.5 Å². The highest BCUT2D eigenvalue weighted by atomic mass is 127. The molecule has 1 aliphatic rings. The van der Waals surface area contributed by atoms with Gasteiger partial charge in [0.15, 0.2) is 5.76 Å². The number of nitrogens with zero attached hydrogens (tertiary/aromatic N) is 2. The van der Waals surface area contributed by atoms with Crippen molar-refractivity contribution in [2.75, 3.05) is 0 Å². The van der Waals surface area contributed by atoms with Gasteiger partial charge in [-0.2, -0.15) is 0 Å². The lowest BCUT2D eigenvalue weighted by atomic mass is 9.99. The number of allylic oxidation sites excluding steroid dienone is 2. The molecule has 0 fully saturated rings. The highest BCUT2D eigenvalue weighted by molar-refractivity contribution is 14.2. The number of pyridine rings is 1. The molecular weight excluding hydrogens is 574 g/mol. The molecule has 0 saturated carbocycles. The Morgan fingerprint density at radius 1 is 1.04 bits per heavy atom. The average Bonchev–Trinajstić information content (AvgIpc) is 2.70. The zero-order chi connectivity index (χ0) is 19.5. The second kappa shape index (κ2) is 8.65. The molecule has 3 nitrogen and oxygen atoms in total. The van der Waals surface area contributed by atoms with E-state index in [1.807, 2.05) is 46.9 Å². The van der Waals surface area contributed by atoms with E-state index in [2.05, 4.69) is 57.3 Å². The number of aliphatic hydroxyl groups excluding tert-OH is 1. The first kappa shape index (κ1) is 19.4. The highest BCUT2D eigenvalue weighted by Gasteiger charge is 2.16. The highest BCUT2D eigenvalue weighted by Crippen LogP contribution is 2.29. The smallest absolute Gasteiger partial charge is 0.151 e. The van der Waals surface area contributed by atoms with Gasteiger partial charge in [-0.3, -0.25) is 4.98 Å². The van der Waals surface area contributed by atoms with Gasteiger partial charge in [0.05, 0.1) is 4.22 Å². The van der Waals surface area contributed by atoms with Crippen molar-refractivity contribution < 1.29 is 5.11 Å². The number of halogens is 2. The molecule has 2 aromatic carbocycles. The number of benzene rings is 2. The first-order chi connectivity index (χ1) is 13.6. The van der Waals surface area contributed by atoms with Gasteiger partial charge in [-0.25, -0.2) is 4.99 Å². The summed E-state index contributed by atoms with van der Waals surface area (Å²) in [5.41, 5.74) is 3.93. The summed E-state index contributed by atoms with van der Waals surface area (Å²) in [7, 11) is 0. The maximum absolute atomic E-state index is 10.8. The Kier molecular flexibility index (Phi) is 6.01. The van der Waals surface area contributed by atoms with Crippen LogP contribution in [-0.2, 0) is 6.42 Å². The molecule has 5 heteroatoms. The van der Waals surface area contributed by atoms with E-state index in [-0.39, 0.29) is 0 Å². The lowest BCUT2D eigenvalue weighted by molar-refractivity contribution is 0.445. The van der Waals surface area contributed by atoms with E-state index in [0.717, 1.165) is 30.0 Å². The molecule has 0 spiro atoms. The van der Waals surface area contributed by atoms with Crippen molar-refractivity contribution in [1.82, 2.24) is 4.98 Å². The van der Waals surface area contributed by atoms with Crippen molar-refractivity contribution in [2.24, 2.45) is 4.99 Å². The van der Waals surface area contributed by atoms with Crippen LogP contribution in [0.3, 0.4) is 0 Å². The Morgan fingerprint density at radius 2 is 1.86 bits per heavy atom. The molecule has 1 aliphatic heterocycles. The van der Waals surface area contributed by atoms with Crippen LogP contribution in [0.15, 0.2) is 83.8 Å². The van der Waals surface area contributed by atoms with Crippen LogP contribution in [0.1, 0.15) is 17.5 Å². The molecule has 1 aromatic heterocycles. The summed E-state index contributed by atoms with van der Waals surface area (Å²) in [6.07, 6.45) is 5.21. The molecule has 0 amide bonds. The second-order valence-corrected chi connectivity index (χ2v) is 10.3. The molecule has 0 atom stereocenters. The molecule has 140 valence electrons. The number of aromatic nitrogens is 1. The lowest BCUT2D eigenvalue weighted by Crippen LogP contribution is -2.07. The Labute approximate surface area is 187 Å². The molecule has 0 unspecified atom stereocenters. The quantitative estimate of drug-likeness (QED) is 0.274. The Hall–Kier alpha value is -1.87. The number of aliphatic hydroxyl groups is 1. The lowest BCUT2D eigenvalue weighted by Gasteiger charge is -2.14. The van der Waals surface area contributed by atoms with Crippen molar-refractivity contribution in [2.45, 2.75) is 12.8 Å². The van der Waals surface area contributed by atoms with Gasteiger partial charge in [0.25, 0.3) is 0 Å². The minimum absolute atomic E-state index is 0.334. The van der Waals surface area contributed by atoms with E-state index >= 15 is 0 Å². The fourth-order valence-electron chi connectivity index (χ4n) is 3.13. The summed E-state index contributed by atoms with van der Waals surface area (Å²) in [4.78, 5) is 8.68. The predicted molar refractivity (Wildman–Crippen MR) is 135 cm³/mol. The third kappa shape index (κ3) is 4.41. The second-order valence-electron chi connectivity index (χ2n) is 6.61. The van der Waals surface area contributed by atoms with Gasteiger partial charge in [0, 0.05) is 36.8 Å². The number of hydrogen-bond acceptors (Lipinski definition) is 3. The Balaban J connectivity index is 1.51. The zero-order valence-corrected chi connectivity index (χ0v) is 19.4. The van der Waals surface area contributed by atoms with Gasteiger partial charge < -0.3 is 5.11 Å². The van der Waals surface area contributed by atoms with Crippen LogP contribution in [0, 0.1) is 3.57 Å². The first-order valence-electron chi connectivity index (χ1n) is 8.81. The summed E-state index contributed by atoms with van der Waals surface area (Å²) in [5.74, 6) is 0.334. The van der Waals surface area contributed by atoms with Crippen LogP contribution in [0.4, 0.5) is 0 Å². The minimum Gasteiger partial charge on any atom is -0.505 e. The molecule has 0 radical (unpaired) electrons. The van der Waals surface area contributed by atoms with Crippen LogP contribution in [0.2, 0.25) is 0 Å². The summed E-state index contributed by atoms with van der Waals surface area (Å²) in [5, 5.41) is 13.1. The number of fused-ring (bicyclic) bond motifs is 1. The van der Waals surface area contributed by atoms with Crippen LogP contribution in [-0.4, -0.2) is 17.8 Å². The van der Waals surface area contributed by atoms with Crippen molar-refractivity contribution in [3.05, 3.63) is 93.5 Å². The number of aliphatic imine (C=N–C) groups is 1. The first-order valence-corrected chi connectivity index (χ1v) is 12.2. The third-order valence-electron chi connectivity index (χ3n) is 4.52. The Morgan fingerprint density at radius 3 is 2.68 bits per heavy atom. The van der Waals surface area contributed by atoms with Gasteiger partial charge in [-0.1, -0.05) is 57.1 Å². The molecule has 28 heavy (non-hydrogen) atoms. The summed E-state index contributed by atoms with van der Waals surface area (Å²) < 4.78 is 4.22. The van der Waals surface area contributed by atoms with Crippen molar-refractivity contribution in [1.29, 1.82) is 0 Å². The van der Waals surface area contributed by atoms with Gasteiger partial charge in [-0.05, 0) is 64.2 Å². The van der Waals surface area contributed by atoms with Crippen LogP contribution in [0.5, 0.6) is 0 Å². The van der Waals surface area contributed by atoms with Gasteiger partial charge in [0.1, 0.15) is 5.70 Å². The maximum atomic E-state index is 10.8. The maximum Gasteiger partial charge on any atom is 0.151 e. The van der Waals surface area contributed by atoms with Crippen LogP contribution >= 0.6 is 43.3 Å². The normalized spacial score (nSPS) is 14.0. The predicted octanol–water partition coefficient (Wildman–Crippen LogP) is 6.44. The van der Waals surface area contributed by atoms with E-state index in [1.165, 1.54) is 10.9 Å². The van der Waals surface area contributed by atoms with E-state index in [9.17, 15) is 5.11 Å². The topological polar surface area (TPSA) is 45.5 Å². The molecule has 4 rings (SSSR count). The molecule has 0 bridgehead atoms. The standard InChI is InChI=1S/C23H18I2N2O/c1-15(10-16-2-3-17-8-9-26-13-19(17)12-16)11-21-23(28)22(27-14-25-21)18-4-6-20(24)7-5-18/h2-9,12-14,28H,1,10-11H2. The molecule has 0 saturated heterocycles. The van der Waals surface area contributed by atoms with Crippen LogP contribution < -0.4 is 0 Å². The third-order valence-corrected chi connectivity index (χ3v) is 7.44. The van der Waals surface area contributed by atoms with Crippen molar-refractivity contribution in [3.8, 4) is 0 Å². The largest absolute Gasteiger partial charge is 0.505 e. The van der Waals surface area contributed by atoms with Gasteiger partial charge >= 0.3 is 0 Å². The molecular formula is C23H18I2N2O. The fourth-order valence-corrected chi connectivity index (χ4v) is 5.55. The average molecular weight is 592 g/mol. The summed E-state index contributed by atoms with van der Waals surface area (Å²) in [6.45, 7) is 4.27. The summed E-state index contributed by atoms with van der Waals surface area (Å²) >= 11 is 1.87. The van der Waals surface area contributed by atoms with Crippen molar-refractivity contribution >= 4 is 67.5 Å². The molecule has 3 aromatic rings. The van der Waals surface area contributed by atoms with Gasteiger partial charge in [-0.15, -0.1) is 0 Å². The van der Waals surface area contributed by atoms with Gasteiger partial charge in [0.2, 0.25) is 0 Å². The zero-order valence-electron chi connectivity index (χ0n) is 15.1. The SMILES string of the molecule is C=C(CC1=IC=NC(c2ccc(I)cc2)=C1O)Cc1ccc2ccncc2c1.